The van der Waals surface area contributed by atoms with Gasteiger partial charge in [0.1, 0.15) is 11.4 Å². The average molecular weight is 291 g/mol. The molecule has 0 saturated carbocycles. The third-order valence-electron chi connectivity index (χ3n) is 2.88. The van der Waals surface area contributed by atoms with Crippen LogP contribution in [0.1, 0.15) is 46.6 Å². The lowest BCUT2D eigenvalue weighted by molar-refractivity contribution is -0.121. The second kappa shape index (κ2) is 7.25. The maximum absolute atomic E-state index is 11.7. The van der Waals surface area contributed by atoms with E-state index in [9.17, 15) is 9.59 Å². The molecule has 0 fully saturated rings. The second-order valence-electron chi connectivity index (χ2n) is 6.45. The summed E-state index contributed by atoms with van der Waals surface area (Å²) in [5.41, 5.74) is 1.18. The first-order valence-electron chi connectivity index (χ1n) is 7.29. The van der Waals surface area contributed by atoms with E-state index in [1.165, 1.54) is 0 Å². The van der Waals surface area contributed by atoms with Crippen LogP contribution in [0.4, 0.5) is 10.5 Å². The number of anilines is 1. The molecule has 0 aliphatic heterocycles. The van der Waals surface area contributed by atoms with Crippen molar-refractivity contribution in [1.29, 1.82) is 0 Å². The quantitative estimate of drug-likeness (QED) is 0.885. The van der Waals surface area contributed by atoms with E-state index in [0.29, 0.717) is 18.5 Å². The lowest BCUT2D eigenvalue weighted by Crippen LogP contribution is -2.27. The van der Waals surface area contributed by atoms with E-state index in [2.05, 4.69) is 5.32 Å². The molecule has 1 aromatic rings. The van der Waals surface area contributed by atoms with Crippen LogP contribution >= 0.6 is 0 Å². The highest BCUT2D eigenvalue weighted by Crippen LogP contribution is 2.15. The maximum Gasteiger partial charge on any atom is 0.412 e. The Kier molecular flexibility index (Phi) is 5.94. The first kappa shape index (κ1) is 17.2. The van der Waals surface area contributed by atoms with Gasteiger partial charge in [0.05, 0.1) is 0 Å². The SMILES string of the molecule is CC(C)C(=O)CCc1cccc(NC(=O)OC(C)(C)C)c1. The van der Waals surface area contributed by atoms with Crippen LogP contribution in [0.25, 0.3) is 0 Å². The fourth-order valence-corrected chi connectivity index (χ4v) is 1.78. The highest BCUT2D eigenvalue weighted by Gasteiger charge is 2.16. The summed E-state index contributed by atoms with van der Waals surface area (Å²) in [5, 5.41) is 2.70. The lowest BCUT2D eigenvalue weighted by atomic mass is 10.0. The minimum atomic E-state index is -0.522. The number of ether oxygens (including phenoxy) is 1. The number of aryl methyl sites for hydroxylation is 1. The summed E-state index contributed by atoms with van der Waals surface area (Å²) < 4.78 is 5.21. The van der Waals surface area contributed by atoms with Crippen LogP contribution in [-0.2, 0) is 16.0 Å². The first-order valence-corrected chi connectivity index (χ1v) is 7.29. The number of ketones is 1. The summed E-state index contributed by atoms with van der Waals surface area (Å²) in [7, 11) is 0. The fourth-order valence-electron chi connectivity index (χ4n) is 1.78. The standard InChI is InChI=1S/C17H25NO3/c1-12(2)15(19)10-9-13-7-6-8-14(11-13)18-16(20)21-17(3,4)5/h6-8,11-12H,9-10H2,1-5H3,(H,18,20). The highest BCUT2D eigenvalue weighted by molar-refractivity contribution is 5.85. The zero-order chi connectivity index (χ0) is 16.0. The van der Waals surface area contributed by atoms with Gasteiger partial charge in [0.2, 0.25) is 0 Å². The Hall–Kier alpha value is -1.84. The molecule has 116 valence electrons. The first-order chi connectivity index (χ1) is 9.67. The smallest absolute Gasteiger partial charge is 0.412 e. The molecule has 0 aliphatic carbocycles. The molecule has 1 amide bonds. The molecular formula is C17H25NO3. The van der Waals surface area contributed by atoms with Crippen molar-refractivity contribution in [3.05, 3.63) is 29.8 Å². The Morgan fingerprint density at radius 3 is 2.48 bits per heavy atom. The van der Waals surface area contributed by atoms with E-state index in [1.807, 2.05) is 52.8 Å². The summed E-state index contributed by atoms with van der Waals surface area (Å²) in [5.74, 6) is 0.313. The molecule has 4 nitrogen and oxygen atoms in total. The molecule has 0 heterocycles. The Balaban J connectivity index is 2.60. The Morgan fingerprint density at radius 1 is 1.24 bits per heavy atom. The molecule has 0 aromatic heterocycles. The van der Waals surface area contributed by atoms with Crippen molar-refractivity contribution >= 4 is 17.6 Å². The van der Waals surface area contributed by atoms with Crippen LogP contribution in [0.3, 0.4) is 0 Å². The average Bonchev–Trinajstić information content (AvgIpc) is 2.33. The number of carbonyl (C=O) groups is 2. The Labute approximate surface area is 126 Å². The largest absolute Gasteiger partial charge is 0.444 e. The third kappa shape index (κ3) is 6.93. The summed E-state index contributed by atoms with van der Waals surface area (Å²) >= 11 is 0. The van der Waals surface area contributed by atoms with Crippen molar-refractivity contribution in [2.24, 2.45) is 5.92 Å². The molecule has 0 saturated heterocycles. The van der Waals surface area contributed by atoms with E-state index in [0.717, 1.165) is 5.56 Å². The van der Waals surface area contributed by atoms with Crippen molar-refractivity contribution in [1.82, 2.24) is 0 Å². The maximum atomic E-state index is 11.7. The van der Waals surface area contributed by atoms with E-state index in [1.54, 1.807) is 6.07 Å². The van der Waals surface area contributed by atoms with Crippen molar-refractivity contribution in [3.63, 3.8) is 0 Å². The van der Waals surface area contributed by atoms with E-state index >= 15 is 0 Å². The van der Waals surface area contributed by atoms with Gasteiger partial charge in [-0.1, -0.05) is 26.0 Å². The van der Waals surface area contributed by atoms with E-state index < -0.39 is 11.7 Å². The lowest BCUT2D eigenvalue weighted by Gasteiger charge is -2.19. The number of nitrogens with one attached hydrogen (secondary N) is 1. The van der Waals surface area contributed by atoms with Crippen LogP contribution in [0.2, 0.25) is 0 Å². The monoisotopic (exact) mass is 291 g/mol. The van der Waals surface area contributed by atoms with Gasteiger partial charge in [0, 0.05) is 18.0 Å². The van der Waals surface area contributed by atoms with E-state index in [4.69, 9.17) is 4.74 Å². The van der Waals surface area contributed by atoms with Crippen LogP contribution in [0, 0.1) is 5.92 Å². The van der Waals surface area contributed by atoms with Gasteiger partial charge < -0.3 is 4.74 Å². The second-order valence-corrected chi connectivity index (χ2v) is 6.45. The normalized spacial score (nSPS) is 11.3. The number of Topliss-reactive ketones (excluding diaryl/α,β-unsaturated/α-hetero) is 1. The third-order valence-corrected chi connectivity index (χ3v) is 2.88. The van der Waals surface area contributed by atoms with Crippen molar-refractivity contribution in [3.8, 4) is 0 Å². The zero-order valence-corrected chi connectivity index (χ0v) is 13.5. The molecular weight excluding hydrogens is 266 g/mol. The molecule has 0 unspecified atom stereocenters. The number of amides is 1. The van der Waals surface area contributed by atoms with Crippen molar-refractivity contribution < 1.29 is 14.3 Å². The molecule has 1 aromatic carbocycles. The zero-order valence-electron chi connectivity index (χ0n) is 13.5. The summed E-state index contributed by atoms with van der Waals surface area (Å²) in [6.45, 7) is 9.27. The van der Waals surface area contributed by atoms with Gasteiger partial charge in [0.15, 0.2) is 0 Å². The number of carbonyl (C=O) groups excluding carboxylic acids is 2. The fraction of sp³-hybridized carbons (Fsp3) is 0.529. The van der Waals surface area contributed by atoms with Crippen LogP contribution < -0.4 is 5.32 Å². The molecule has 4 heteroatoms. The van der Waals surface area contributed by atoms with Crippen molar-refractivity contribution in [2.45, 2.75) is 53.1 Å². The molecule has 0 radical (unpaired) electrons. The minimum Gasteiger partial charge on any atom is -0.444 e. The number of benzene rings is 1. The predicted molar refractivity (Wildman–Crippen MR) is 84.5 cm³/mol. The minimum absolute atomic E-state index is 0.0630. The van der Waals surface area contributed by atoms with Crippen LogP contribution in [-0.4, -0.2) is 17.5 Å². The number of hydrogen-bond acceptors (Lipinski definition) is 3. The van der Waals surface area contributed by atoms with Gasteiger partial charge in [-0.05, 0) is 44.9 Å². The molecule has 1 N–H and O–H groups in total. The molecule has 1 rings (SSSR count). The van der Waals surface area contributed by atoms with Gasteiger partial charge in [-0.2, -0.15) is 0 Å². The predicted octanol–water partition coefficient (Wildman–Crippen LogP) is 4.19. The summed E-state index contributed by atoms with van der Waals surface area (Å²) in [6.07, 6.45) is 0.729. The summed E-state index contributed by atoms with van der Waals surface area (Å²) in [6, 6.07) is 7.49. The Bertz CT molecular complexity index is 501. The molecule has 0 spiro atoms. The van der Waals surface area contributed by atoms with Gasteiger partial charge in [-0.3, -0.25) is 10.1 Å². The molecule has 0 bridgehead atoms. The van der Waals surface area contributed by atoms with Gasteiger partial charge >= 0.3 is 6.09 Å². The van der Waals surface area contributed by atoms with Gasteiger partial charge in [-0.25, -0.2) is 4.79 Å². The Morgan fingerprint density at radius 2 is 1.90 bits per heavy atom. The number of rotatable bonds is 5. The number of hydrogen-bond donors (Lipinski definition) is 1. The van der Waals surface area contributed by atoms with Crippen LogP contribution in [0.15, 0.2) is 24.3 Å². The summed E-state index contributed by atoms with van der Waals surface area (Å²) in [4.78, 5) is 23.4. The van der Waals surface area contributed by atoms with E-state index in [-0.39, 0.29) is 11.7 Å². The van der Waals surface area contributed by atoms with Crippen LogP contribution in [0.5, 0.6) is 0 Å². The van der Waals surface area contributed by atoms with Gasteiger partial charge in [0.25, 0.3) is 0 Å². The topological polar surface area (TPSA) is 55.4 Å². The molecule has 21 heavy (non-hydrogen) atoms. The molecule has 0 aliphatic rings. The highest BCUT2D eigenvalue weighted by atomic mass is 16.6. The molecule has 0 atom stereocenters. The van der Waals surface area contributed by atoms with Crippen molar-refractivity contribution in [2.75, 3.05) is 5.32 Å². The van der Waals surface area contributed by atoms with Gasteiger partial charge in [-0.15, -0.1) is 0 Å².